The van der Waals surface area contributed by atoms with Crippen LogP contribution in [0.2, 0.25) is 0 Å². The second-order valence-electron chi connectivity index (χ2n) is 3.62. The van der Waals surface area contributed by atoms with E-state index in [9.17, 15) is 14.0 Å². The Bertz CT molecular complexity index is 632. The molecule has 1 aromatic heterocycles. The number of nitrogens with one attached hydrogen (secondary N) is 1. The van der Waals surface area contributed by atoms with Gasteiger partial charge >= 0.3 is 5.97 Å². The molecule has 2 N–H and O–H groups in total. The van der Waals surface area contributed by atoms with Gasteiger partial charge in [0.25, 0.3) is 0 Å². The van der Waals surface area contributed by atoms with E-state index >= 15 is 0 Å². The number of nitrogens with zero attached hydrogens (tertiary/aromatic N) is 1. The molecule has 1 amide bonds. The first-order valence-corrected chi connectivity index (χ1v) is 7.28. The smallest absolute Gasteiger partial charge is 0.338 e. The number of anilines is 1. The van der Waals surface area contributed by atoms with E-state index in [0.717, 1.165) is 17.8 Å². The number of amides is 1. The number of hydrogen-bond donors (Lipinski definition) is 2. The summed E-state index contributed by atoms with van der Waals surface area (Å²) in [6.07, 6.45) is 1.58. The molecule has 0 aliphatic heterocycles. The normalized spacial score (nSPS) is 10.2. The lowest BCUT2D eigenvalue weighted by atomic mass is 10.2. The third kappa shape index (κ3) is 3.78. The fourth-order valence-corrected chi connectivity index (χ4v) is 2.63. The molecule has 0 atom stereocenters. The molecule has 1 aromatic carbocycles. The van der Waals surface area contributed by atoms with Crippen LogP contribution in [0.1, 0.15) is 10.4 Å². The number of benzene rings is 1. The Morgan fingerprint density at radius 2 is 2.25 bits per heavy atom. The van der Waals surface area contributed by atoms with Crippen molar-refractivity contribution in [3.8, 4) is 0 Å². The van der Waals surface area contributed by atoms with Crippen molar-refractivity contribution in [2.45, 2.75) is 4.90 Å². The number of thioether (sulfide) groups is 1. The first-order valence-electron chi connectivity index (χ1n) is 5.41. The largest absolute Gasteiger partial charge is 0.478 e. The third-order valence-electron chi connectivity index (χ3n) is 2.22. The minimum Gasteiger partial charge on any atom is -0.478 e. The number of carboxylic acids is 1. The molecule has 2 aromatic rings. The lowest BCUT2D eigenvalue weighted by Crippen LogP contribution is -2.13. The van der Waals surface area contributed by atoms with E-state index < -0.39 is 17.3 Å². The highest BCUT2D eigenvalue weighted by Crippen LogP contribution is 2.21. The van der Waals surface area contributed by atoms with Crippen LogP contribution in [-0.2, 0) is 4.79 Å². The average molecular weight is 312 g/mol. The number of rotatable bonds is 5. The quantitative estimate of drug-likeness (QED) is 0.830. The summed E-state index contributed by atoms with van der Waals surface area (Å²) in [6, 6.07) is 3.71. The summed E-state index contributed by atoms with van der Waals surface area (Å²) in [6.45, 7) is 0. The molecular weight excluding hydrogens is 303 g/mol. The fourth-order valence-electron chi connectivity index (χ4n) is 1.35. The molecule has 0 saturated heterocycles. The number of carboxylic acid groups (broad SMARTS) is 1. The Kier molecular flexibility index (Phi) is 4.70. The zero-order valence-electron chi connectivity index (χ0n) is 10.00. The molecule has 5 nitrogen and oxygen atoms in total. The molecule has 2 rings (SSSR count). The van der Waals surface area contributed by atoms with E-state index in [0.29, 0.717) is 10.0 Å². The van der Waals surface area contributed by atoms with Crippen molar-refractivity contribution in [2.75, 3.05) is 11.1 Å². The topological polar surface area (TPSA) is 79.3 Å². The average Bonchev–Trinajstić information content (AvgIpc) is 2.90. The van der Waals surface area contributed by atoms with Crippen LogP contribution >= 0.6 is 23.1 Å². The standard InChI is InChI=1S/C12H9FN2O3S2/c13-9-2-1-7(5-8(9)11(17)18)20-6-10(16)15-12-14-3-4-19-12/h1-5H,6H2,(H,17,18)(H,14,15,16). The highest BCUT2D eigenvalue weighted by molar-refractivity contribution is 8.00. The molecule has 20 heavy (non-hydrogen) atoms. The van der Waals surface area contributed by atoms with E-state index in [4.69, 9.17) is 5.11 Å². The van der Waals surface area contributed by atoms with E-state index in [-0.39, 0.29) is 11.7 Å². The lowest BCUT2D eigenvalue weighted by Gasteiger charge is -2.04. The van der Waals surface area contributed by atoms with Crippen molar-refractivity contribution < 1.29 is 19.1 Å². The maximum Gasteiger partial charge on any atom is 0.338 e. The molecule has 0 bridgehead atoms. The minimum atomic E-state index is -1.34. The Morgan fingerprint density at radius 1 is 1.45 bits per heavy atom. The van der Waals surface area contributed by atoms with Crippen molar-refractivity contribution in [3.63, 3.8) is 0 Å². The van der Waals surface area contributed by atoms with E-state index in [2.05, 4.69) is 10.3 Å². The van der Waals surface area contributed by atoms with Gasteiger partial charge in [-0.15, -0.1) is 23.1 Å². The fraction of sp³-hybridized carbons (Fsp3) is 0.0833. The SMILES string of the molecule is O=C(CSc1ccc(F)c(C(=O)O)c1)Nc1nccs1. The molecule has 0 aliphatic carbocycles. The summed E-state index contributed by atoms with van der Waals surface area (Å²) in [7, 11) is 0. The molecule has 0 saturated carbocycles. The van der Waals surface area contributed by atoms with Gasteiger partial charge in [0, 0.05) is 16.5 Å². The van der Waals surface area contributed by atoms with Crippen LogP contribution < -0.4 is 5.32 Å². The summed E-state index contributed by atoms with van der Waals surface area (Å²) in [4.78, 5) is 26.8. The van der Waals surface area contributed by atoms with Crippen LogP contribution in [0.3, 0.4) is 0 Å². The van der Waals surface area contributed by atoms with Gasteiger partial charge in [0.05, 0.1) is 11.3 Å². The number of hydrogen-bond acceptors (Lipinski definition) is 5. The monoisotopic (exact) mass is 312 g/mol. The molecule has 0 spiro atoms. The van der Waals surface area contributed by atoms with Gasteiger partial charge in [-0.2, -0.15) is 0 Å². The van der Waals surface area contributed by atoms with Gasteiger partial charge in [0.1, 0.15) is 5.82 Å². The Hall–Kier alpha value is -1.93. The van der Waals surface area contributed by atoms with Gasteiger partial charge in [-0.25, -0.2) is 14.2 Å². The Labute approximate surface area is 121 Å². The maximum atomic E-state index is 13.2. The highest BCUT2D eigenvalue weighted by Gasteiger charge is 2.12. The molecule has 1 heterocycles. The zero-order valence-corrected chi connectivity index (χ0v) is 11.6. The van der Waals surface area contributed by atoms with Crippen LogP contribution in [-0.4, -0.2) is 27.7 Å². The van der Waals surface area contributed by atoms with Crippen LogP contribution in [0.25, 0.3) is 0 Å². The molecule has 8 heteroatoms. The van der Waals surface area contributed by atoms with Crippen molar-refractivity contribution in [3.05, 3.63) is 41.2 Å². The van der Waals surface area contributed by atoms with Crippen LogP contribution in [0.4, 0.5) is 9.52 Å². The Balaban J connectivity index is 1.95. The molecule has 0 fully saturated rings. The van der Waals surface area contributed by atoms with Crippen molar-refractivity contribution in [1.82, 2.24) is 4.98 Å². The van der Waals surface area contributed by atoms with E-state index in [1.165, 1.54) is 23.5 Å². The summed E-state index contributed by atoms with van der Waals surface area (Å²) in [5, 5.41) is 13.6. The minimum absolute atomic E-state index is 0.0876. The van der Waals surface area contributed by atoms with Gasteiger partial charge < -0.3 is 10.4 Å². The van der Waals surface area contributed by atoms with Crippen LogP contribution in [0.15, 0.2) is 34.7 Å². The summed E-state index contributed by atoms with van der Waals surface area (Å²) in [5.41, 5.74) is -0.407. The second kappa shape index (κ2) is 6.49. The number of halogens is 1. The molecular formula is C12H9FN2O3S2. The highest BCUT2D eigenvalue weighted by atomic mass is 32.2. The predicted octanol–water partition coefficient (Wildman–Crippen LogP) is 2.71. The van der Waals surface area contributed by atoms with Gasteiger partial charge in [0.2, 0.25) is 5.91 Å². The first kappa shape index (κ1) is 14.5. The van der Waals surface area contributed by atoms with E-state index in [1.807, 2.05) is 0 Å². The molecule has 0 unspecified atom stereocenters. The van der Waals surface area contributed by atoms with Gasteiger partial charge in [-0.3, -0.25) is 4.79 Å². The molecule has 0 radical (unpaired) electrons. The number of carbonyl (C=O) groups is 2. The molecule has 0 aliphatic rings. The third-order valence-corrected chi connectivity index (χ3v) is 3.90. The lowest BCUT2D eigenvalue weighted by molar-refractivity contribution is -0.113. The summed E-state index contributed by atoms with van der Waals surface area (Å²) < 4.78 is 13.2. The van der Waals surface area contributed by atoms with Crippen LogP contribution in [0, 0.1) is 5.82 Å². The van der Waals surface area contributed by atoms with Gasteiger partial charge in [-0.1, -0.05) is 0 Å². The summed E-state index contributed by atoms with van der Waals surface area (Å²) >= 11 is 2.43. The van der Waals surface area contributed by atoms with Crippen molar-refractivity contribution in [2.24, 2.45) is 0 Å². The van der Waals surface area contributed by atoms with Crippen molar-refractivity contribution in [1.29, 1.82) is 0 Å². The van der Waals surface area contributed by atoms with Crippen LogP contribution in [0.5, 0.6) is 0 Å². The van der Waals surface area contributed by atoms with E-state index in [1.54, 1.807) is 11.6 Å². The van der Waals surface area contributed by atoms with Gasteiger partial charge in [0.15, 0.2) is 5.13 Å². The number of carbonyl (C=O) groups excluding carboxylic acids is 1. The second-order valence-corrected chi connectivity index (χ2v) is 5.56. The maximum absolute atomic E-state index is 13.2. The number of aromatic carboxylic acids is 1. The first-order chi connectivity index (χ1) is 9.56. The van der Waals surface area contributed by atoms with Gasteiger partial charge in [-0.05, 0) is 18.2 Å². The predicted molar refractivity (Wildman–Crippen MR) is 74.8 cm³/mol. The molecule has 104 valence electrons. The zero-order chi connectivity index (χ0) is 14.5. The Morgan fingerprint density at radius 3 is 2.90 bits per heavy atom. The number of thiazole rings is 1. The summed E-state index contributed by atoms with van der Waals surface area (Å²) in [5.74, 6) is -2.30. The number of aromatic nitrogens is 1. The van der Waals surface area contributed by atoms with Crippen molar-refractivity contribution >= 4 is 40.1 Å².